The SMILES string of the molecule is COCC1CN(C(=O)c2cccnc2)Cc2nnn(CC3CC3)c21. The fourth-order valence-corrected chi connectivity index (χ4v) is 3.35. The lowest BCUT2D eigenvalue weighted by atomic mass is 9.98. The average Bonchev–Trinajstić information content (AvgIpc) is 3.34. The van der Waals surface area contributed by atoms with Gasteiger partial charge in [-0.2, -0.15) is 0 Å². The zero-order valence-electron chi connectivity index (χ0n) is 13.8. The van der Waals surface area contributed by atoms with Gasteiger partial charge < -0.3 is 9.64 Å². The zero-order chi connectivity index (χ0) is 16.5. The fourth-order valence-electron chi connectivity index (χ4n) is 3.35. The third-order valence-corrected chi connectivity index (χ3v) is 4.71. The topological polar surface area (TPSA) is 73.1 Å². The largest absolute Gasteiger partial charge is 0.384 e. The average molecular weight is 327 g/mol. The van der Waals surface area contributed by atoms with E-state index in [2.05, 4.69) is 15.3 Å². The number of ether oxygens (including phenoxy) is 1. The number of pyridine rings is 1. The van der Waals surface area contributed by atoms with E-state index in [0.717, 1.165) is 23.9 Å². The Bertz CT molecular complexity index is 726. The van der Waals surface area contributed by atoms with Crippen molar-refractivity contribution in [3.8, 4) is 0 Å². The van der Waals surface area contributed by atoms with Crippen LogP contribution in [-0.2, 0) is 17.8 Å². The molecule has 7 heteroatoms. The van der Waals surface area contributed by atoms with E-state index in [-0.39, 0.29) is 11.8 Å². The minimum atomic E-state index is -0.0217. The van der Waals surface area contributed by atoms with Crippen molar-refractivity contribution < 1.29 is 9.53 Å². The van der Waals surface area contributed by atoms with Gasteiger partial charge in [-0.25, -0.2) is 4.68 Å². The molecule has 1 saturated carbocycles. The summed E-state index contributed by atoms with van der Waals surface area (Å²) in [7, 11) is 1.69. The predicted octanol–water partition coefficient (Wildman–Crippen LogP) is 1.47. The van der Waals surface area contributed by atoms with Gasteiger partial charge in [0.25, 0.3) is 5.91 Å². The Labute approximate surface area is 140 Å². The van der Waals surface area contributed by atoms with E-state index in [4.69, 9.17) is 4.74 Å². The van der Waals surface area contributed by atoms with Crippen molar-refractivity contribution in [1.29, 1.82) is 0 Å². The summed E-state index contributed by atoms with van der Waals surface area (Å²) in [6, 6.07) is 3.57. The minimum absolute atomic E-state index is 0.0217. The molecule has 1 aliphatic heterocycles. The summed E-state index contributed by atoms with van der Waals surface area (Å²) in [6.45, 7) is 2.60. The Balaban J connectivity index is 1.60. The number of aromatic nitrogens is 4. The standard InChI is InChI=1S/C17H21N5O2/c1-24-11-14-9-21(17(23)13-3-2-6-18-7-13)10-15-16(14)22(20-19-15)8-12-4-5-12/h2-3,6-7,12,14H,4-5,8-11H2,1H3. The molecular formula is C17H21N5O2. The van der Waals surface area contributed by atoms with Crippen molar-refractivity contribution in [1.82, 2.24) is 24.9 Å². The van der Waals surface area contributed by atoms with Crippen LogP contribution in [0.4, 0.5) is 0 Å². The summed E-state index contributed by atoms with van der Waals surface area (Å²) >= 11 is 0. The minimum Gasteiger partial charge on any atom is -0.384 e. The molecule has 1 amide bonds. The van der Waals surface area contributed by atoms with E-state index >= 15 is 0 Å². The molecule has 0 radical (unpaired) electrons. The summed E-state index contributed by atoms with van der Waals surface area (Å²) in [5.41, 5.74) is 2.63. The molecule has 0 N–H and O–H groups in total. The van der Waals surface area contributed by atoms with Gasteiger partial charge in [0.2, 0.25) is 0 Å². The lowest BCUT2D eigenvalue weighted by Crippen LogP contribution is -2.40. The number of methoxy groups -OCH3 is 1. The highest BCUT2D eigenvalue weighted by molar-refractivity contribution is 5.94. The first kappa shape index (κ1) is 15.3. The smallest absolute Gasteiger partial charge is 0.255 e. The molecule has 4 rings (SSSR count). The fraction of sp³-hybridized carbons (Fsp3) is 0.529. The third kappa shape index (κ3) is 2.91. The molecule has 2 aromatic rings. The van der Waals surface area contributed by atoms with Crippen molar-refractivity contribution in [2.45, 2.75) is 31.8 Å². The molecule has 1 aliphatic carbocycles. The van der Waals surface area contributed by atoms with Gasteiger partial charge in [0.1, 0.15) is 5.69 Å². The van der Waals surface area contributed by atoms with Gasteiger partial charge in [0, 0.05) is 38.5 Å². The number of amides is 1. The second-order valence-electron chi connectivity index (χ2n) is 6.63. The van der Waals surface area contributed by atoms with Crippen molar-refractivity contribution in [2.24, 2.45) is 5.92 Å². The van der Waals surface area contributed by atoms with Gasteiger partial charge in [-0.15, -0.1) is 5.10 Å². The number of hydrogen-bond acceptors (Lipinski definition) is 5. The molecule has 0 saturated heterocycles. The van der Waals surface area contributed by atoms with Crippen LogP contribution in [0.5, 0.6) is 0 Å². The lowest BCUT2D eigenvalue weighted by molar-refractivity contribution is 0.0672. The second-order valence-corrected chi connectivity index (χ2v) is 6.63. The molecule has 7 nitrogen and oxygen atoms in total. The van der Waals surface area contributed by atoms with Crippen LogP contribution < -0.4 is 0 Å². The molecule has 0 spiro atoms. The van der Waals surface area contributed by atoms with Crippen LogP contribution in [0.2, 0.25) is 0 Å². The highest BCUT2D eigenvalue weighted by Crippen LogP contribution is 2.34. The van der Waals surface area contributed by atoms with Gasteiger partial charge >= 0.3 is 0 Å². The molecule has 126 valence electrons. The van der Waals surface area contributed by atoms with E-state index in [1.54, 1.807) is 31.6 Å². The van der Waals surface area contributed by atoms with Crippen molar-refractivity contribution in [2.75, 3.05) is 20.3 Å². The van der Waals surface area contributed by atoms with E-state index in [1.165, 1.54) is 12.8 Å². The molecule has 24 heavy (non-hydrogen) atoms. The first-order valence-corrected chi connectivity index (χ1v) is 8.36. The number of nitrogens with zero attached hydrogens (tertiary/aromatic N) is 5. The normalized spacial score (nSPS) is 20.0. The Morgan fingerprint density at radius 2 is 2.29 bits per heavy atom. The molecule has 1 fully saturated rings. The van der Waals surface area contributed by atoms with Crippen LogP contribution in [0, 0.1) is 5.92 Å². The second kappa shape index (κ2) is 6.32. The number of carbonyl (C=O) groups is 1. The summed E-state index contributed by atoms with van der Waals surface area (Å²) < 4.78 is 7.43. The zero-order valence-corrected chi connectivity index (χ0v) is 13.8. The molecule has 0 aromatic carbocycles. The highest BCUT2D eigenvalue weighted by Gasteiger charge is 2.34. The molecular weight excluding hydrogens is 306 g/mol. The maximum Gasteiger partial charge on any atom is 0.255 e. The first-order valence-electron chi connectivity index (χ1n) is 8.36. The van der Waals surface area contributed by atoms with Crippen LogP contribution >= 0.6 is 0 Å². The van der Waals surface area contributed by atoms with Gasteiger partial charge in [0.05, 0.1) is 24.4 Å². The van der Waals surface area contributed by atoms with Gasteiger partial charge in [-0.3, -0.25) is 9.78 Å². The quantitative estimate of drug-likeness (QED) is 0.831. The van der Waals surface area contributed by atoms with E-state index in [0.29, 0.717) is 25.3 Å². The Morgan fingerprint density at radius 1 is 1.42 bits per heavy atom. The van der Waals surface area contributed by atoms with Crippen molar-refractivity contribution in [3.05, 3.63) is 41.5 Å². The highest BCUT2D eigenvalue weighted by atomic mass is 16.5. The van der Waals surface area contributed by atoms with Crippen LogP contribution in [0.3, 0.4) is 0 Å². The first-order chi connectivity index (χ1) is 11.8. The Morgan fingerprint density at radius 3 is 3.00 bits per heavy atom. The van der Waals surface area contributed by atoms with Crippen molar-refractivity contribution in [3.63, 3.8) is 0 Å². The molecule has 2 aromatic heterocycles. The number of hydrogen-bond donors (Lipinski definition) is 0. The number of fused-ring (bicyclic) bond motifs is 1. The molecule has 1 atom stereocenters. The molecule has 2 aliphatic rings. The molecule has 1 unspecified atom stereocenters. The molecule has 3 heterocycles. The van der Waals surface area contributed by atoms with Gasteiger partial charge in [-0.1, -0.05) is 5.21 Å². The third-order valence-electron chi connectivity index (χ3n) is 4.71. The van der Waals surface area contributed by atoms with Crippen LogP contribution in [0.25, 0.3) is 0 Å². The monoisotopic (exact) mass is 327 g/mol. The van der Waals surface area contributed by atoms with Gasteiger partial charge in [0.15, 0.2) is 0 Å². The summed E-state index contributed by atoms with van der Waals surface area (Å²) in [5, 5.41) is 8.68. The number of rotatable bonds is 5. The van der Waals surface area contributed by atoms with Crippen molar-refractivity contribution >= 4 is 5.91 Å². The maximum absolute atomic E-state index is 12.7. The van der Waals surface area contributed by atoms with Crippen LogP contribution in [0.15, 0.2) is 24.5 Å². The Hall–Kier alpha value is -2.28. The summed E-state index contributed by atoms with van der Waals surface area (Å²) in [6.07, 6.45) is 5.82. The van der Waals surface area contributed by atoms with Crippen LogP contribution in [-0.4, -0.2) is 51.0 Å². The Kier molecular flexibility index (Phi) is 4.02. The van der Waals surface area contributed by atoms with E-state index in [1.807, 2.05) is 9.58 Å². The van der Waals surface area contributed by atoms with E-state index < -0.39 is 0 Å². The molecule has 0 bridgehead atoms. The maximum atomic E-state index is 12.7. The lowest BCUT2D eigenvalue weighted by Gasteiger charge is -2.32. The van der Waals surface area contributed by atoms with Gasteiger partial charge in [-0.05, 0) is 30.9 Å². The summed E-state index contributed by atoms with van der Waals surface area (Å²) in [5.74, 6) is 0.814. The predicted molar refractivity (Wildman–Crippen MR) is 86.3 cm³/mol. The number of carbonyl (C=O) groups excluding carboxylic acids is 1. The van der Waals surface area contributed by atoms with E-state index in [9.17, 15) is 4.79 Å². The van der Waals surface area contributed by atoms with Crippen LogP contribution in [0.1, 0.15) is 40.5 Å². The summed E-state index contributed by atoms with van der Waals surface area (Å²) in [4.78, 5) is 18.6.